The van der Waals surface area contributed by atoms with Gasteiger partial charge in [-0.25, -0.2) is 4.79 Å². The largest absolute Gasteiger partial charge is 0.467 e. The first kappa shape index (κ1) is 36.2. The van der Waals surface area contributed by atoms with Gasteiger partial charge >= 0.3 is 5.97 Å². The average Bonchev–Trinajstić information content (AvgIpc) is 3.28. The summed E-state index contributed by atoms with van der Waals surface area (Å²) in [5, 5.41) is 0. The molecule has 1 aromatic rings. The molecule has 0 aliphatic carbocycles. The number of methoxy groups -OCH3 is 1. The standard InChI is InChI=1S/C35H56O6Si/c1-13-31(40-23-38-14-15-42(10,11)12)28(6)18-25(3)16-24(2)17-27(5)21-35(34(36)37-9)22-39-33(41-35)32-29(7)19-26(4)20-30(32)8/h17-20,24,31,33H,3,13-16,21-23H2,1-2,4-12H3/b27-17+,28-18+/t24-,31-,33+,35-/m0/s1. The first-order chi connectivity index (χ1) is 19.6. The number of esters is 1. The number of hydrogen-bond acceptors (Lipinski definition) is 6. The van der Waals surface area contributed by atoms with Gasteiger partial charge in [0.05, 0.1) is 19.8 Å². The fourth-order valence-corrected chi connectivity index (χ4v) is 6.48. The van der Waals surface area contributed by atoms with Crippen molar-refractivity contribution in [1.82, 2.24) is 0 Å². The zero-order chi connectivity index (χ0) is 31.7. The van der Waals surface area contributed by atoms with Gasteiger partial charge in [-0.05, 0) is 76.1 Å². The summed E-state index contributed by atoms with van der Waals surface area (Å²) in [5.41, 5.74) is 6.40. The molecule has 7 heteroatoms. The second-order valence-corrected chi connectivity index (χ2v) is 19.0. The molecular weight excluding hydrogens is 544 g/mol. The summed E-state index contributed by atoms with van der Waals surface area (Å²) >= 11 is 0. The van der Waals surface area contributed by atoms with Crippen LogP contribution in [0.25, 0.3) is 0 Å². The van der Waals surface area contributed by atoms with Gasteiger partial charge in [0.1, 0.15) is 6.79 Å². The van der Waals surface area contributed by atoms with E-state index in [1.807, 2.05) is 20.8 Å². The Morgan fingerprint density at radius 3 is 2.40 bits per heavy atom. The molecule has 42 heavy (non-hydrogen) atoms. The Kier molecular flexibility index (Phi) is 13.9. The molecule has 1 aliphatic heterocycles. The van der Waals surface area contributed by atoms with Gasteiger partial charge in [0.15, 0.2) is 11.9 Å². The molecule has 0 bridgehead atoms. The fourth-order valence-electron chi connectivity index (χ4n) is 5.73. The van der Waals surface area contributed by atoms with E-state index in [9.17, 15) is 4.79 Å². The van der Waals surface area contributed by atoms with Gasteiger partial charge in [0.25, 0.3) is 0 Å². The van der Waals surface area contributed by atoms with Crippen molar-refractivity contribution in [3.8, 4) is 0 Å². The molecule has 0 aromatic heterocycles. The number of hydrogen-bond donors (Lipinski definition) is 0. The number of ether oxygens (including phenoxy) is 5. The minimum atomic E-state index is -1.18. The van der Waals surface area contributed by atoms with Crippen molar-refractivity contribution in [3.63, 3.8) is 0 Å². The average molecular weight is 601 g/mol. The van der Waals surface area contributed by atoms with Crippen molar-refractivity contribution >= 4 is 14.0 Å². The molecule has 1 aliphatic rings. The monoisotopic (exact) mass is 600 g/mol. The fraction of sp³-hybridized carbons (Fsp3) is 0.629. The van der Waals surface area contributed by atoms with Crippen LogP contribution in [0.3, 0.4) is 0 Å². The Labute approximate surface area is 256 Å². The lowest BCUT2D eigenvalue weighted by Crippen LogP contribution is -2.42. The van der Waals surface area contributed by atoms with E-state index in [4.69, 9.17) is 23.7 Å². The van der Waals surface area contributed by atoms with Gasteiger partial charge in [-0.1, -0.05) is 81.1 Å². The van der Waals surface area contributed by atoms with Crippen LogP contribution in [0, 0.1) is 26.7 Å². The summed E-state index contributed by atoms with van der Waals surface area (Å²) in [5.74, 6) is -0.187. The molecule has 1 saturated heterocycles. The molecule has 0 spiro atoms. The Balaban J connectivity index is 2.01. The maximum absolute atomic E-state index is 13.0. The smallest absolute Gasteiger partial charge is 0.341 e. The van der Waals surface area contributed by atoms with Gasteiger partial charge in [0, 0.05) is 26.7 Å². The highest BCUT2D eigenvalue weighted by atomic mass is 28.3. The Bertz CT molecular complexity index is 1110. The van der Waals surface area contributed by atoms with E-state index in [0.717, 1.165) is 58.9 Å². The van der Waals surface area contributed by atoms with E-state index < -0.39 is 25.9 Å². The zero-order valence-electron chi connectivity index (χ0n) is 28.1. The van der Waals surface area contributed by atoms with E-state index in [1.54, 1.807) is 0 Å². The number of aryl methyl sites for hydroxylation is 3. The normalized spacial score (nSPS) is 21.4. The lowest BCUT2D eigenvalue weighted by molar-refractivity contribution is -0.169. The highest BCUT2D eigenvalue weighted by Crippen LogP contribution is 2.40. The number of carbonyl (C=O) groups excluding carboxylic acids is 1. The third-order valence-corrected chi connectivity index (χ3v) is 9.41. The van der Waals surface area contributed by atoms with Crippen molar-refractivity contribution < 1.29 is 28.5 Å². The van der Waals surface area contributed by atoms with E-state index in [1.165, 1.54) is 12.7 Å². The van der Waals surface area contributed by atoms with E-state index in [2.05, 4.69) is 78.2 Å². The molecule has 0 amide bonds. The minimum absolute atomic E-state index is 0.00870. The summed E-state index contributed by atoms with van der Waals surface area (Å²) in [6.45, 7) is 27.2. The van der Waals surface area contributed by atoms with Crippen LogP contribution >= 0.6 is 0 Å². The third-order valence-electron chi connectivity index (χ3n) is 7.71. The molecule has 1 aromatic carbocycles. The predicted molar refractivity (Wildman–Crippen MR) is 174 cm³/mol. The molecule has 0 radical (unpaired) electrons. The molecular formula is C35H56O6Si. The Hall–Kier alpha value is -2.03. The van der Waals surface area contributed by atoms with Crippen LogP contribution in [0.1, 0.15) is 75.5 Å². The summed E-state index contributed by atoms with van der Waals surface area (Å²) in [7, 11) is 0.295. The highest BCUT2D eigenvalue weighted by molar-refractivity contribution is 6.76. The topological polar surface area (TPSA) is 63.2 Å². The lowest BCUT2D eigenvalue weighted by Gasteiger charge is -2.26. The Morgan fingerprint density at radius 1 is 1.19 bits per heavy atom. The van der Waals surface area contributed by atoms with Crippen molar-refractivity contribution in [2.24, 2.45) is 5.92 Å². The molecule has 6 nitrogen and oxygen atoms in total. The highest BCUT2D eigenvalue weighted by Gasteiger charge is 2.50. The molecule has 0 unspecified atom stereocenters. The second-order valence-electron chi connectivity index (χ2n) is 13.4. The van der Waals surface area contributed by atoms with Crippen molar-refractivity contribution in [1.29, 1.82) is 0 Å². The van der Waals surface area contributed by atoms with Gasteiger partial charge in [-0.3, -0.25) is 0 Å². The summed E-state index contributed by atoms with van der Waals surface area (Å²) in [6, 6.07) is 5.36. The third kappa shape index (κ3) is 10.9. The predicted octanol–water partition coefficient (Wildman–Crippen LogP) is 8.54. The molecule has 236 valence electrons. The van der Waals surface area contributed by atoms with Gasteiger partial charge in [-0.2, -0.15) is 0 Å². The zero-order valence-corrected chi connectivity index (χ0v) is 29.1. The lowest BCUT2D eigenvalue weighted by atomic mass is 9.91. The van der Waals surface area contributed by atoms with Crippen molar-refractivity contribution in [2.75, 3.05) is 27.1 Å². The summed E-state index contributed by atoms with van der Waals surface area (Å²) in [6.07, 6.45) is 5.80. The van der Waals surface area contributed by atoms with Crippen molar-refractivity contribution in [2.45, 2.75) is 111 Å². The number of rotatable bonds is 16. The van der Waals surface area contributed by atoms with Crippen molar-refractivity contribution in [3.05, 3.63) is 69.8 Å². The first-order valence-electron chi connectivity index (χ1n) is 15.3. The molecule has 0 N–H and O–H groups in total. The molecule has 4 atom stereocenters. The van der Waals surface area contributed by atoms with Gasteiger partial charge < -0.3 is 23.7 Å². The molecule has 0 saturated carbocycles. The second kappa shape index (κ2) is 16.2. The SMILES string of the molecule is C=C(/C=C(\C)[C@H](CC)OCOCC[Si](C)(C)C)C[C@H](C)/C=C(\C)C[C@@]1(C(=O)OC)CO[C@@H](c2c(C)cc(C)cc2C)O1. The van der Waals surface area contributed by atoms with E-state index in [0.29, 0.717) is 13.2 Å². The molecule has 1 fully saturated rings. The van der Waals surface area contributed by atoms with Crippen LogP contribution in [-0.2, 0) is 28.5 Å². The van der Waals surface area contributed by atoms with Gasteiger partial charge in [0.2, 0.25) is 0 Å². The maximum atomic E-state index is 13.0. The number of carbonyl (C=O) groups is 1. The number of allylic oxidation sites excluding steroid dienone is 3. The van der Waals surface area contributed by atoms with E-state index >= 15 is 0 Å². The Morgan fingerprint density at radius 2 is 1.83 bits per heavy atom. The van der Waals surface area contributed by atoms with Crippen LogP contribution in [0.5, 0.6) is 0 Å². The first-order valence-corrected chi connectivity index (χ1v) is 19.0. The molecule has 2 rings (SSSR count). The van der Waals surface area contributed by atoms with Gasteiger partial charge in [-0.15, -0.1) is 0 Å². The minimum Gasteiger partial charge on any atom is -0.467 e. The quantitative estimate of drug-likeness (QED) is 0.0473. The van der Waals surface area contributed by atoms with Crippen LogP contribution < -0.4 is 0 Å². The molecule has 1 heterocycles. The number of benzene rings is 1. The van der Waals surface area contributed by atoms with E-state index in [-0.39, 0.29) is 18.6 Å². The van der Waals surface area contributed by atoms with Crippen LogP contribution in [0.2, 0.25) is 25.7 Å². The van der Waals surface area contributed by atoms with Crippen LogP contribution in [0.15, 0.2) is 47.6 Å². The van der Waals surface area contributed by atoms with Crippen LogP contribution in [-0.4, -0.2) is 52.9 Å². The summed E-state index contributed by atoms with van der Waals surface area (Å²) < 4.78 is 29.4. The van der Waals surface area contributed by atoms with Crippen LogP contribution in [0.4, 0.5) is 0 Å². The maximum Gasteiger partial charge on any atom is 0.341 e. The summed E-state index contributed by atoms with van der Waals surface area (Å²) in [4.78, 5) is 13.0.